The van der Waals surface area contributed by atoms with E-state index in [-0.39, 0.29) is 29.8 Å². The van der Waals surface area contributed by atoms with Crippen molar-refractivity contribution in [2.24, 2.45) is 17.8 Å². The maximum atomic E-state index is 12.9. The van der Waals surface area contributed by atoms with E-state index in [0.717, 1.165) is 50.0 Å². The number of hydrogen-bond donors (Lipinski definition) is 2. The molecular weight excluding hydrogens is 518 g/mol. The molecule has 0 aromatic heterocycles. The largest absolute Gasteiger partial charge is 0.508 e. The Bertz CT molecular complexity index is 1330. The van der Waals surface area contributed by atoms with Gasteiger partial charge in [0.25, 0.3) is 0 Å². The Morgan fingerprint density at radius 1 is 1.10 bits per heavy atom. The van der Waals surface area contributed by atoms with E-state index in [2.05, 4.69) is 41.1 Å². The fourth-order valence-corrected chi connectivity index (χ4v) is 6.33. The number of benzene rings is 2. The van der Waals surface area contributed by atoms with Crippen LogP contribution in [0.5, 0.6) is 5.75 Å². The molecule has 3 atom stereocenters. The molecule has 216 valence electrons. The van der Waals surface area contributed by atoms with Crippen molar-refractivity contribution in [2.45, 2.75) is 58.5 Å². The van der Waals surface area contributed by atoms with E-state index in [1.54, 1.807) is 29.2 Å². The molecule has 3 fully saturated rings. The molecule has 41 heavy (non-hydrogen) atoms. The Labute approximate surface area is 242 Å². The number of amides is 2. The summed E-state index contributed by atoms with van der Waals surface area (Å²) in [5.41, 5.74) is 4.08. The lowest BCUT2D eigenvalue weighted by Crippen LogP contribution is -2.33. The van der Waals surface area contributed by atoms with Gasteiger partial charge in [0, 0.05) is 55.7 Å². The number of fused-ring (bicyclic) bond motifs is 1. The minimum absolute atomic E-state index is 0.143. The van der Waals surface area contributed by atoms with E-state index in [1.165, 1.54) is 18.2 Å². The molecule has 3 aliphatic rings. The highest BCUT2D eigenvalue weighted by Gasteiger charge is 2.53. The second-order valence-corrected chi connectivity index (χ2v) is 11.3. The van der Waals surface area contributed by atoms with Crippen molar-refractivity contribution in [3.8, 4) is 17.6 Å². The van der Waals surface area contributed by atoms with E-state index < -0.39 is 0 Å². The molecule has 2 aromatic carbocycles. The van der Waals surface area contributed by atoms with Crippen LogP contribution in [0.1, 0.15) is 57.1 Å². The first-order chi connectivity index (χ1) is 19.8. The van der Waals surface area contributed by atoms with Gasteiger partial charge >= 0.3 is 6.09 Å². The van der Waals surface area contributed by atoms with Crippen LogP contribution in [0.25, 0.3) is 0 Å². The summed E-state index contributed by atoms with van der Waals surface area (Å²) in [5.74, 6) is 7.91. The van der Waals surface area contributed by atoms with Gasteiger partial charge in [-0.3, -0.25) is 14.5 Å². The molecular formula is C33H39N3O5. The van der Waals surface area contributed by atoms with Crippen molar-refractivity contribution < 1.29 is 24.2 Å². The summed E-state index contributed by atoms with van der Waals surface area (Å²) in [7, 11) is 0. The quantitative estimate of drug-likeness (QED) is 0.344. The van der Waals surface area contributed by atoms with Crippen molar-refractivity contribution in [3.05, 3.63) is 53.6 Å². The fraction of sp³-hybridized carbons (Fsp3) is 0.485. The molecule has 0 spiro atoms. The molecule has 2 aromatic rings. The number of aryl methyl sites for hydroxylation is 1. The number of rotatable bonds is 9. The van der Waals surface area contributed by atoms with Gasteiger partial charge in [0.15, 0.2) is 0 Å². The maximum Gasteiger partial charge on any atom is 0.414 e. The lowest BCUT2D eigenvalue weighted by Gasteiger charge is -2.27. The number of unbranched alkanes of at least 4 members (excludes halogenated alkanes) is 1. The number of Topliss-reactive ketones (excluding diaryl/α,β-unsaturated/α-hetero) is 1. The first kappa shape index (κ1) is 28.5. The normalized spacial score (nSPS) is 23.1. The minimum Gasteiger partial charge on any atom is -0.508 e. The van der Waals surface area contributed by atoms with Crippen LogP contribution in [0.15, 0.2) is 42.5 Å². The lowest BCUT2D eigenvalue weighted by molar-refractivity contribution is -0.121. The summed E-state index contributed by atoms with van der Waals surface area (Å²) in [6.45, 7) is 6.16. The number of cyclic esters (lactones) is 1. The standard InChI is InChI=1S/C33H39N3O5/c1-3-24-19-25(36-21-27(41-33(36)40)20-34-22(2)37)11-14-30(24)35-17-15-28-29(16-18-35)32(28)31(39)8-6-4-5-7-23-9-12-26(38)13-10-23/h9-14,19,27-29,32,38H,3-4,6,8,15-18,20-21H2,1-2H3,(H,34,37)/t27-,28?,29?,32?/m0/s1. The molecule has 2 aliphatic heterocycles. The number of ether oxygens (including phenoxy) is 1. The van der Waals surface area contributed by atoms with Gasteiger partial charge in [-0.25, -0.2) is 4.79 Å². The molecule has 2 unspecified atom stereocenters. The number of ketones is 1. The van der Waals surface area contributed by atoms with Crippen LogP contribution in [-0.4, -0.2) is 55.2 Å². The molecule has 2 saturated heterocycles. The van der Waals surface area contributed by atoms with Crippen molar-refractivity contribution in [1.29, 1.82) is 0 Å². The highest BCUT2D eigenvalue weighted by molar-refractivity contribution is 5.90. The zero-order valence-corrected chi connectivity index (χ0v) is 23.9. The molecule has 0 bridgehead atoms. The Kier molecular flexibility index (Phi) is 8.82. The molecule has 0 radical (unpaired) electrons. The van der Waals surface area contributed by atoms with E-state index in [0.29, 0.717) is 43.6 Å². The predicted octanol–water partition coefficient (Wildman–Crippen LogP) is 4.67. The van der Waals surface area contributed by atoms with Gasteiger partial charge in [-0.05, 0) is 85.5 Å². The number of hydrogen-bond acceptors (Lipinski definition) is 6. The van der Waals surface area contributed by atoms with Crippen LogP contribution < -0.4 is 15.1 Å². The first-order valence-electron chi connectivity index (χ1n) is 14.7. The topological polar surface area (TPSA) is 99.2 Å². The number of nitrogens with one attached hydrogen (secondary N) is 1. The Morgan fingerprint density at radius 2 is 1.83 bits per heavy atom. The Balaban J connectivity index is 1.11. The summed E-state index contributed by atoms with van der Waals surface area (Å²) < 4.78 is 5.44. The van der Waals surface area contributed by atoms with Gasteiger partial charge < -0.3 is 20.1 Å². The van der Waals surface area contributed by atoms with Crippen molar-refractivity contribution in [3.63, 3.8) is 0 Å². The third kappa shape index (κ3) is 6.84. The van der Waals surface area contributed by atoms with Crippen LogP contribution in [0.2, 0.25) is 0 Å². The molecule has 5 rings (SSSR count). The number of nitrogens with zero attached hydrogens (tertiary/aromatic N) is 2. The summed E-state index contributed by atoms with van der Waals surface area (Å²) in [6, 6.07) is 13.0. The number of phenols is 1. The maximum absolute atomic E-state index is 12.9. The number of anilines is 2. The van der Waals surface area contributed by atoms with Crippen molar-refractivity contribution in [1.82, 2.24) is 5.32 Å². The smallest absolute Gasteiger partial charge is 0.414 e. The average Bonchev–Trinajstić information content (AvgIpc) is 3.59. The fourth-order valence-electron chi connectivity index (χ4n) is 6.33. The SMILES string of the molecule is CCc1cc(N2C[C@H](CNC(C)=O)OC2=O)ccc1N1CCC2C(CC1)C2C(=O)CCCC#Cc1ccc(O)cc1. The average molecular weight is 558 g/mol. The van der Waals surface area contributed by atoms with Gasteiger partial charge in [0.2, 0.25) is 5.91 Å². The van der Waals surface area contributed by atoms with Crippen LogP contribution >= 0.6 is 0 Å². The molecule has 8 heteroatoms. The second kappa shape index (κ2) is 12.7. The summed E-state index contributed by atoms with van der Waals surface area (Å²) in [5, 5.41) is 12.1. The van der Waals surface area contributed by atoms with E-state index in [9.17, 15) is 19.5 Å². The van der Waals surface area contributed by atoms with Crippen molar-refractivity contribution >= 4 is 29.2 Å². The molecule has 1 aliphatic carbocycles. The minimum atomic E-state index is -0.384. The number of carbonyl (C=O) groups is 3. The monoisotopic (exact) mass is 557 g/mol. The van der Waals surface area contributed by atoms with Gasteiger partial charge in [0.05, 0.1) is 13.1 Å². The molecule has 2 amide bonds. The Hall–Kier alpha value is -3.99. The zero-order chi connectivity index (χ0) is 28.9. The Morgan fingerprint density at radius 3 is 2.51 bits per heavy atom. The molecule has 1 saturated carbocycles. The van der Waals surface area contributed by atoms with Gasteiger partial charge in [-0.15, -0.1) is 0 Å². The van der Waals surface area contributed by atoms with Crippen LogP contribution in [0.4, 0.5) is 16.2 Å². The molecule has 2 N–H and O–H groups in total. The van der Waals surface area contributed by atoms with E-state index in [1.807, 2.05) is 6.07 Å². The molecule has 2 heterocycles. The number of phenolic OH excluding ortho intramolecular Hbond substituents is 1. The predicted molar refractivity (Wildman–Crippen MR) is 158 cm³/mol. The molecule has 8 nitrogen and oxygen atoms in total. The third-order valence-electron chi connectivity index (χ3n) is 8.54. The highest BCUT2D eigenvalue weighted by Crippen LogP contribution is 2.53. The summed E-state index contributed by atoms with van der Waals surface area (Å²) >= 11 is 0. The third-order valence-corrected chi connectivity index (χ3v) is 8.54. The van der Waals surface area contributed by atoms with Crippen LogP contribution in [0, 0.1) is 29.6 Å². The van der Waals surface area contributed by atoms with Gasteiger partial charge in [-0.2, -0.15) is 0 Å². The van der Waals surface area contributed by atoms with Crippen LogP contribution in [0.3, 0.4) is 0 Å². The second-order valence-electron chi connectivity index (χ2n) is 11.3. The van der Waals surface area contributed by atoms with E-state index in [4.69, 9.17) is 4.74 Å². The summed E-state index contributed by atoms with van der Waals surface area (Å²) in [6.07, 6.45) is 4.23. The lowest BCUT2D eigenvalue weighted by atomic mass is 10.0. The summed E-state index contributed by atoms with van der Waals surface area (Å²) in [4.78, 5) is 40.7. The highest BCUT2D eigenvalue weighted by atomic mass is 16.6. The first-order valence-corrected chi connectivity index (χ1v) is 14.7. The zero-order valence-electron chi connectivity index (χ0n) is 23.9. The number of aromatic hydroxyl groups is 1. The van der Waals surface area contributed by atoms with Gasteiger partial charge in [0.1, 0.15) is 17.6 Å². The van der Waals surface area contributed by atoms with Crippen molar-refractivity contribution in [2.75, 3.05) is 36.0 Å². The van der Waals surface area contributed by atoms with Crippen LogP contribution in [-0.2, 0) is 20.7 Å². The van der Waals surface area contributed by atoms with E-state index >= 15 is 0 Å². The number of carbonyl (C=O) groups excluding carboxylic acids is 3. The van der Waals surface area contributed by atoms with Gasteiger partial charge in [-0.1, -0.05) is 18.8 Å².